The molecule has 5 heteroatoms. The van der Waals surface area contributed by atoms with Crippen LogP contribution in [-0.2, 0) is 12.2 Å². The highest BCUT2D eigenvalue weighted by molar-refractivity contribution is 7.98. The Balaban J connectivity index is 1.18. The maximum absolute atomic E-state index is 13.1. The van der Waals surface area contributed by atoms with Crippen molar-refractivity contribution in [1.29, 1.82) is 0 Å². The summed E-state index contributed by atoms with van der Waals surface area (Å²) < 4.78 is 5.87. The molecule has 0 atom stereocenters. The third kappa shape index (κ3) is 5.14. The summed E-state index contributed by atoms with van der Waals surface area (Å²) in [4.78, 5) is 19.8. The van der Waals surface area contributed by atoms with Gasteiger partial charge in [-0.05, 0) is 67.0 Å². The minimum atomic E-state index is 0.137. The predicted molar refractivity (Wildman–Crippen MR) is 134 cm³/mol. The summed E-state index contributed by atoms with van der Waals surface area (Å²) in [6.07, 6.45) is 3.23. The number of carbonyl (C=O) groups excluding carboxylic acids is 1. The van der Waals surface area contributed by atoms with E-state index in [4.69, 9.17) is 4.42 Å². The number of hydrogen-bond acceptors (Lipinski definition) is 4. The van der Waals surface area contributed by atoms with E-state index in [0.717, 1.165) is 60.1 Å². The van der Waals surface area contributed by atoms with E-state index in [1.54, 1.807) is 11.8 Å². The Morgan fingerprint density at radius 1 is 1.00 bits per heavy atom. The van der Waals surface area contributed by atoms with Crippen LogP contribution >= 0.6 is 11.8 Å². The van der Waals surface area contributed by atoms with Gasteiger partial charge in [-0.1, -0.05) is 66.4 Å². The standard InChI is InChI=1S/C28H28N2O2S/c1-20-7-5-12-25-26(20)29-28(32-25)33-19-23-10-6-11-24(18-23)27(31)30-15-13-22(14-16-30)17-21-8-3-2-4-9-21/h2-12,18,22H,13-17,19H2,1H3. The molecule has 1 fully saturated rings. The van der Waals surface area contributed by atoms with Gasteiger partial charge in [0.05, 0.1) is 0 Å². The van der Waals surface area contributed by atoms with Crippen LogP contribution in [0.4, 0.5) is 0 Å². The maximum atomic E-state index is 13.1. The van der Waals surface area contributed by atoms with Crippen molar-refractivity contribution in [3.05, 3.63) is 95.1 Å². The first kappa shape index (κ1) is 21.8. The van der Waals surface area contributed by atoms with Crippen molar-refractivity contribution in [2.24, 2.45) is 5.92 Å². The largest absolute Gasteiger partial charge is 0.431 e. The second kappa shape index (κ2) is 9.84. The molecule has 0 spiro atoms. The number of amides is 1. The first-order valence-electron chi connectivity index (χ1n) is 11.6. The minimum absolute atomic E-state index is 0.137. The highest BCUT2D eigenvalue weighted by Gasteiger charge is 2.24. The smallest absolute Gasteiger partial charge is 0.257 e. The van der Waals surface area contributed by atoms with Gasteiger partial charge in [-0.2, -0.15) is 0 Å². The number of aromatic nitrogens is 1. The lowest BCUT2D eigenvalue weighted by atomic mass is 9.90. The summed E-state index contributed by atoms with van der Waals surface area (Å²) in [6.45, 7) is 3.70. The summed E-state index contributed by atoms with van der Waals surface area (Å²) >= 11 is 1.56. The van der Waals surface area contributed by atoms with E-state index in [1.165, 1.54) is 5.56 Å². The second-order valence-electron chi connectivity index (χ2n) is 8.82. The summed E-state index contributed by atoms with van der Waals surface area (Å²) in [5.74, 6) is 1.50. The van der Waals surface area contributed by atoms with Crippen LogP contribution < -0.4 is 0 Å². The third-order valence-corrected chi connectivity index (χ3v) is 7.31. The molecule has 0 saturated carbocycles. The molecule has 1 aliphatic rings. The average molecular weight is 457 g/mol. The van der Waals surface area contributed by atoms with E-state index < -0.39 is 0 Å². The molecule has 0 aliphatic carbocycles. The second-order valence-corrected chi connectivity index (χ2v) is 9.74. The van der Waals surface area contributed by atoms with E-state index in [2.05, 4.69) is 41.4 Å². The number of para-hydroxylation sites is 1. The minimum Gasteiger partial charge on any atom is -0.431 e. The fraction of sp³-hybridized carbons (Fsp3) is 0.286. The van der Waals surface area contributed by atoms with Gasteiger partial charge in [0.25, 0.3) is 11.1 Å². The number of oxazole rings is 1. The number of thioether (sulfide) groups is 1. The number of likely N-dealkylation sites (tertiary alicyclic amines) is 1. The molecule has 1 amide bonds. The molecule has 2 heterocycles. The molecular formula is C28H28N2O2S. The van der Waals surface area contributed by atoms with Gasteiger partial charge in [-0.15, -0.1) is 0 Å². The molecule has 4 aromatic rings. The summed E-state index contributed by atoms with van der Waals surface area (Å²) in [5.41, 5.74) is 6.10. The van der Waals surface area contributed by atoms with Crippen LogP contribution in [0.5, 0.6) is 0 Å². The van der Waals surface area contributed by atoms with Crippen molar-refractivity contribution < 1.29 is 9.21 Å². The maximum Gasteiger partial charge on any atom is 0.257 e. The molecule has 3 aromatic carbocycles. The Hall–Kier alpha value is -3.05. The van der Waals surface area contributed by atoms with Gasteiger partial charge >= 0.3 is 0 Å². The summed E-state index contributed by atoms with van der Waals surface area (Å²) in [6, 6.07) is 24.6. The normalized spacial score (nSPS) is 14.6. The van der Waals surface area contributed by atoms with E-state index in [0.29, 0.717) is 16.9 Å². The van der Waals surface area contributed by atoms with Gasteiger partial charge in [0.2, 0.25) is 0 Å². The van der Waals surface area contributed by atoms with Crippen molar-refractivity contribution in [1.82, 2.24) is 9.88 Å². The van der Waals surface area contributed by atoms with E-state index in [1.807, 2.05) is 48.2 Å². The molecule has 1 aromatic heterocycles. The Bertz CT molecular complexity index is 1240. The van der Waals surface area contributed by atoms with Crippen LogP contribution in [0.1, 0.15) is 39.9 Å². The van der Waals surface area contributed by atoms with Crippen LogP contribution in [-0.4, -0.2) is 28.9 Å². The molecular weight excluding hydrogens is 428 g/mol. The SMILES string of the molecule is Cc1cccc2oc(SCc3cccc(C(=O)N4CCC(Cc5ccccc5)CC4)c3)nc12. The first-order chi connectivity index (χ1) is 16.2. The number of aryl methyl sites for hydroxylation is 1. The van der Waals surface area contributed by atoms with Crippen molar-refractivity contribution in [3.63, 3.8) is 0 Å². The monoisotopic (exact) mass is 456 g/mol. The van der Waals surface area contributed by atoms with Crippen LogP contribution in [0.3, 0.4) is 0 Å². The number of carbonyl (C=O) groups is 1. The molecule has 1 aliphatic heterocycles. The highest BCUT2D eigenvalue weighted by Crippen LogP contribution is 2.28. The Kier molecular flexibility index (Phi) is 6.49. The van der Waals surface area contributed by atoms with E-state index in [-0.39, 0.29) is 5.91 Å². The number of nitrogens with zero attached hydrogens (tertiary/aromatic N) is 2. The summed E-state index contributed by atoms with van der Waals surface area (Å²) in [7, 11) is 0. The van der Waals surface area contributed by atoms with Crippen molar-refractivity contribution in [2.75, 3.05) is 13.1 Å². The zero-order valence-corrected chi connectivity index (χ0v) is 19.7. The number of fused-ring (bicyclic) bond motifs is 1. The number of rotatable bonds is 6. The van der Waals surface area contributed by atoms with Crippen molar-refractivity contribution >= 4 is 28.8 Å². The van der Waals surface area contributed by atoms with Gasteiger partial charge in [0.1, 0.15) is 5.52 Å². The van der Waals surface area contributed by atoms with E-state index in [9.17, 15) is 4.79 Å². The molecule has 0 unspecified atom stereocenters. The van der Waals surface area contributed by atoms with Gasteiger partial charge in [-0.3, -0.25) is 4.79 Å². The number of benzene rings is 3. The molecule has 1 saturated heterocycles. The predicted octanol–water partition coefficient (Wildman–Crippen LogP) is 6.52. The van der Waals surface area contributed by atoms with Gasteiger partial charge < -0.3 is 9.32 Å². The molecule has 4 nitrogen and oxygen atoms in total. The Morgan fingerprint density at radius 2 is 1.76 bits per heavy atom. The average Bonchev–Trinajstić information content (AvgIpc) is 3.28. The fourth-order valence-corrected chi connectivity index (χ4v) is 5.31. The molecule has 33 heavy (non-hydrogen) atoms. The van der Waals surface area contributed by atoms with Crippen LogP contribution in [0.25, 0.3) is 11.1 Å². The zero-order chi connectivity index (χ0) is 22.6. The zero-order valence-electron chi connectivity index (χ0n) is 18.9. The number of hydrogen-bond donors (Lipinski definition) is 0. The van der Waals surface area contributed by atoms with E-state index >= 15 is 0 Å². The quantitative estimate of drug-likeness (QED) is 0.310. The number of piperidine rings is 1. The van der Waals surface area contributed by atoms with Crippen molar-refractivity contribution in [2.45, 2.75) is 37.2 Å². The molecule has 0 bridgehead atoms. The van der Waals surface area contributed by atoms with Gasteiger partial charge in [-0.25, -0.2) is 4.98 Å². The van der Waals surface area contributed by atoms with Crippen LogP contribution in [0.2, 0.25) is 0 Å². The molecule has 168 valence electrons. The van der Waals surface area contributed by atoms with Crippen LogP contribution in [0.15, 0.2) is 82.4 Å². The molecule has 0 N–H and O–H groups in total. The topological polar surface area (TPSA) is 46.3 Å². The van der Waals surface area contributed by atoms with Crippen molar-refractivity contribution in [3.8, 4) is 0 Å². The fourth-order valence-electron chi connectivity index (χ4n) is 4.54. The first-order valence-corrected chi connectivity index (χ1v) is 12.6. The summed E-state index contributed by atoms with van der Waals surface area (Å²) in [5, 5.41) is 0.663. The lowest BCUT2D eigenvalue weighted by Gasteiger charge is -2.32. The Morgan fingerprint density at radius 3 is 2.55 bits per heavy atom. The molecule has 0 radical (unpaired) electrons. The van der Waals surface area contributed by atoms with Gasteiger partial charge in [0, 0.05) is 24.4 Å². The lowest BCUT2D eigenvalue weighted by Crippen LogP contribution is -2.38. The third-order valence-electron chi connectivity index (χ3n) is 6.41. The lowest BCUT2D eigenvalue weighted by molar-refractivity contribution is 0.0690. The van der Waals surface area contributed by atoms with Crippen LogP contribution in [0, 0.1) is 12.8 Å². The highest BCUT2D eigenvalue weighted by atomic mass is 32.2. The van der Waals surface area contributed by atoms with Gasteiger partial charge in [0.15, 0.2) is 5.58 Å². The Labute approximate surface area is 199 Å². The molecule has 5 rings (SSSR count).